The Bertz CT molecular complexity index is 689. The third-order valence-corrected chi connectivity index (χ3v) is 7.99. The fourth-order valence-corrected chi connectivity index (χ4v) is 5.19. The van der Waals surface area contributed by atoms with E-state index in [0.717, 1.165) is 44.9 Å². The Kier molecular flexibility index (Phi) is 24.0. The number of unbranched alkanes of at least 4 members (excludes halogenated alkanes) is 16. The minimum Gasteiger partial charge on any atom is -0.462 e. The molecule has 1 rings (SSSR count). The third-order valence-electron chi connectivity index (χ3n) is 7.99. The summed E-state index contributed by atoms with van der Waals surface area (Å²) in [5.41, 5.74) is 0. The fraction of sp³-hybridized carbons (Fsp3) is 0.939. The number of hydrogen-bond donors (Lipinski definition) is 4. The molecule has 10 heteroatoms. The van der Waals surface area contributed by atoms with Crippen molar-refractivity contribution in [1.29, 1.82) is 0 Å². The van der Waals surface area contributed by atoms with Crippen LogP contribution in [-0.4, -0.2) is 89.0 Å². The highest BCUT2D eigenvalue weighted by Gasteiger charge is 2.44. The molecule has 1 aliphatic heterocycles. The summed E-state index contributed by atoms with van der Waals surface area (Å²) >= 11 is 0. The summed E-state index contributed by atoms with van der Waals surface area (Å²) < 4.78 is 21.9. The average molecular weight is 619 g/mol. The van der Waals surface area contributed by atoms with Crippen molar-refractivity contribution in [3.05, 3.63) is 0 Å². The van der Waals surface area contributed by atoms with Crippen molar-refractivity contribution < 1.29 is 49.0 Å². The first-order valence-electron chi connectivity index (χ1n) is 17.1. The number of ether oxygens (including phenoxy) is 4. The van der Waals surface area contributed by atoms with Crippen LogP contribution in [0.15, 0.2) is 0 Å². The zero-order valence-electron chi connectivity index (χ0n) is 27.0. The van der Waals surface area contributed by atoms with Gasteiger partial charge in [-0.25, -0.2) is 0 Å². The van der Waals surface area contributed by atoms with E-state index in [4.69, 9.17) is 18.9 Å². The Balaban J connectivity index is 2.45. The highest BCUT2D eigenvalue weighted by atomic mass is 16.7. The lowest BCUT2D eigenvalue weighted by molar-refractivity contribution is -0.305. The molecule has 0 radical (unpaired) electrons. The molecule has 4 N–H and O–H groups in total. The first kappa shape index (κ1) is 39.7. The van der Waals surface area contributed by atoms with Crippen LogP contribution in [-0.2, 0) is 28.5 Å². The van der Waals surface area contributed by atoms with Gasteiger partial charge in [-0.3, -0.25) is 9.59 Å². The SMILES string of the molecule is CCCCCCCCCCCCCC(=O)OC(COC(=O)CCCCCCCCC)COC1OC(CO)C(O)C(O)C1O. The van der Waals surface area contributed by atoms with Gasteiger partial charge in [0.25, 0.3) is 0 Å². The van der Waals surface area contributed by atoms with E-state index in [1.165, 1.54) is 64.2 Å². The standard InChI is InChI=1S/C33H62O10/c1-3-5-7-9-11-12-13-14-16-18-20-22-29(36)42-26(24-40-28(35)21-19-17-15-10-8-6-4-2)25-41-33-32(39)31(38)30(37)27(23-34)43-33/h26-27,30-34,37-39H,3-25H2,1-2H3. The van der Waals surface area contributed by atoms with Gasteiger partial charge in [0.2, 0.25) is 0 Å². The Hall–Kier alpha value is -1.30. The van der Waals surface area contributed by atoms with Crippen LogP contribution < -0.4 is 0 Å². The first-order valence-corrected chi connectivity index (χ1v) is 17.1. The van der Waals surface area contributed by atoms with Crippen LogP contribution >= 0.6 is 0 Å². The molecule has 43 heavy (non-hydrogen) atoms. The largest absolute Gasteiger partial charge is 0.462 e. The lowest BCUT2D eigenvalue weighted by atomic mass is 9.99. The first-order chi connectivity index (χ1) is 20.8. The van der Waals surface area contributed by atoms with E-state index in [0.29, 0.717) is 6.42 Å². The summed E-state index contributed by atoms with van der Waals surface area (Å²) in [4.78, 5) is 24.9. The Morgan fingerprint density at radius 2 is 1.09 bits per heavy atom. The normalized spacial score (nSPS) is 22.8. The van der Waals surface area contributed by atoms with Crippen LogP contribution in [0.5, 0.6) is 0 Å². The summed E-state index contributed by atoms with van der Waals surface area (Å²) in [6.45, 7) is 3.34. The summed E-state index contributed by atoms with van der Waals surface area (Å²) in [6.07, 6.45) is 12.8. The zero-order valence-corrected chi connectivity index (χ0v) is 27.0. The lowest BCUT2D eigenvalue weighted by Crippen LogP contribution is -2.59. The van der Waals surface area contributed by atoms with E-state index in [1.807, 2.05) is 0 Å². The molecule has 1 fully saturated rings. The molecule has 6 atom stereocenters. The summed E-state index contributed by atoms with van der Waals surface area (Å²) in [6, 6.07) is 0. The van der Waals surface area contributed by atoms with E-state index in [9.17, 15) is 30.0 Å². The number of esters is 2. The number of aliphatic hydroxyl groups is 4. The van der Waals surface area contributed by atoms with Crippen molar-refractivity contribution >= 4 is 11.9 Å². The summed E-state index contributed by atoms with van der Waals surface area (Å²) in [5.74, 6) is -0.811. The van der Waals surface area contributed by atoms with Gasteiger partial charge >= 0.3 is 11.9 Å². The van der Waals surface area contributed by atoms with E-state index in [2.05, 4.69) is 13.8 Å². The Morgan fingerprint density at radius 1 is 0.628 bits per heavy atom. The van der Waals surface area contributed by atoms with Crippen molar-refractivity contribution in [3.8, 4) is 0 Å². The van der Waals surface area contributed by atoms with E-state index < -0.39 is 49.4 Å². The molecule has 6 unspecified atom stereocenters. The molecule has 10 nitrogen and oxygen atoms in total. The minimum absolute atomic E-state index is 0.212. The average Bonchev–Trinajstić information content (AvgIpc) is 3.00. The number of aliphatic hydroxyl groups excluding tert-OH is 4. The molecule has 0 aromatic carbocycles. The zero-order chi connectivity index (χ0) is 31.7. The molecule has 0 bridgehead atoms. The summed E-state index contributed by atoms with van der Waals surface area (Å²) in [5, 5.41) is 39.7. The number of hydrogen-bond acceptors (Lipinski definition) is 10. The maximum atomic E-state index is 12.6. The number of carbonyl (C=O) groups is 2. The van der Waals surface area contributed by atoms with Gasteiger partial charge in [-0.05, 0) is 12.8 Å². The molecule has 1 heterocycles. The van der Waals surface area contributed by atoms with Crippen LogP contribution in [0, 0.1) is 0 Å². The van der Waals surface area contributed by atoms with Crippen LogP contribution in [0.2, 0.25) is 0 Å². The molecule has 0 amide bonds. The predicted octanol–water partition coefficient (Wildman–Crippen LogP) is 5.10. The van der Waals surface area contributed by atoms with E-state index in [1.54, 1.807) is 0 Å². The predicted molar refractivity (Wildman–Crippen MR) is 164 cm³/mol. The molecule has 0 spiro atoms. The molecule has 0 aromatic heterocycles. The second-order valence-electron chi connectivity index (χ2n) is 12.0. The molecule has 1 aliphatic rings. The highest BCUT2D eigenvalue weighted by molar-refractivity contribution is 5.70. The topological polar surface area (TPSA) is 152 Å². The van der Waals surface area contributed by atoms with Gasteiger partial charge in [0.05, 0.1) is 13.2 Å². The number of rotatable bonds is 27. The highest BCUT2D eigenvalue weighted by Crippen LogP contribution is 2.22. The van der Waals surface area contributed by atoms with Gasteiger partial charge < -0.3 is 39.4 Å². The van der Waals surface area contributed by atoms with Crippen molar-refractivity contribution in [2.75, 3.05) is 19.8 Å². The van der Waals surface area contributed by atoms with Crippen molar-refractivity contribution in [1.82, 2.24) is 0 Å². The maximum Gasteiger partial charge on any atom is 0.306 e. The van der Waals surface area contributed by atoms with E-state index >= 15 is 0 Å². The van der Waals surface area contributed by atoms with Gasteiger partial charge in [0.1, 0.15) is 31.0 Å². The molecule has 1 saturated heterocycles. The van der Waals surface area contributed by atoms with Crippen LogP contribution in [0.4, 0.5) is 0 Å². The quantitative estimate of drug-likeness (QED) is 0.0723. The van der Waals surface area contributed by atoms with Crippen LogP contribution in [0.1, 0.15) is 142 Å². The second-order valence-corrected chi connectivity index (χ2v) is 12.0. The fourth-order valence-electron chi connectivity index (χ4n) is 5.19. The number of carbonyl (C=O) groups excluding carboxylic acids is 2. The molecular formula is C33H62O10. The van der Waals surface area contributed by atoms with Crippen LogP contribution in [0.25, 0.3) is 0 Å². The second kappa shape index (κ2) is 26.0. The van der Waals surface area contributed by atoms with Gasteiger partial charge in [-0.2, -0.15) is 0 Å². The van der Waals surface area contributed by atoms with E-state index in [-0.39, 0.29) is 32.0 Å². The van der Waals surface area contributed by atoms with Gasteiger partial charge in [-0.15, -0.1) is 0 Å². The van der Waals surface area contributed by atoms with Crippen LogP contribution in [0.3, 0.4) is 0 Å². The summed E-state index contributed by atoms with van der Waals surface area (Å²) in [7, 11) is 0. The van der Waals surface area contributed by atoms with Gasteiger partial charge in [0.15, 0.2) is 12.4 Å². The minimum atomic E-state index is -1.59. The maximum absolute atomic E-state index is 12.6. The molecule has 0 saturated carbocycles. The molecule has 0 aliphatic carbocycles. The molecule has 0 aromatic rings. The van der Waals surface area contributed by atoms with Crippen molar-refractivity contribution in [3.63, 3.8) is 0 Å². The third kappa shape index (κ3) is 19.0. The molecular weight excluding hydrogens is 556 g/mol. The smallest absolute Gasteiger partial charge is 0.306 e. The van der Waals surface area contributed by atoms with Gasteiger partial charge in [0, 0.05) is 12.8 Å². The monoisotopic (exact) mass is 618 g/mol. The Labute approximate surface area is 259 Å². The molecule has 254 valence electrons. The van der Waals surface area contributed by atoms with Crippen molar-refractivity contribution in [2.24, 2.45) is 0 Å². The Morgan fingerprint density at radius 3 is 1.58 bits per heavy atom. The van der Waals surface area contributed by atoms with Crippen molar-refractivity contribution in [2.45, 2.75) is 179 Å². The lowest BCUT2D eigenvalue weighted by Gasteiger charge is -2.39. The van der Waals surface area contributed by atoms with Gasteiger partial charge in [-0.1, -0.05) is 117 Å².